The van der Waals surface area contributed by atoms with E-state index in [-0.39, 0.29) is 30.1 Å². The largest absolute Gasteiger partial charge is 0.352 e. The van der Waals surface area contributed by atoms with E-state index in [1.54, 1.807) is 17.0 Å². The molecule has 3 rings (SSSR count). The molecule has 1 aliphatic heterocycles. The van der Waals surface area contributed by atoms with Gasteiger partial charge in [-0.25, -0.2) is 4.39 Å². The van der Waals surface area contributed by atoms with Crippen LogP contribution in [0.15, 0.2) is 24.3 Å². The summed E-state index contributed by atoms with van der Waals surface area (Å²) in [5.74, 6) is -0.397. The van der Waals surface area contributed by atoms with E-state index in [0.29, 0.717) is 12.6 Å². The van der Waals surface area contributed by atoms with Crippen molar-refractivity contribution >= 4 is 11.8 Å². The fourth-order valence-corrected chi connectivity index (χ4v) is 2.74. The van der Waals surface area contributed by atoms with Gasteiger partial charge >= 0.3 is 0 Å². The van der Waals surface area contributed by atoms with Crippen molar-refractivity contribution in [3.05, 3.63) is 35.6 Å². The van der Waals surface area contributed by atoms with Crippen LogP contribution in [-0.4, -0.2) is 35.3 Å². The van der Waals surface area contributed by atoms with E-state index in [9.17, 15) is 14.0 Å². The Hall–Kier alpha value is -1.91. The number of carbonyl (C=O) groups excluding carboxylic acids is 2. The first kappa shape index (κ1) is 14.0. The van der Waals surface area contributed by atoms with Crippen LogP contribution in [-0.2, 0) is 16.0 Å². The van der Waals surface area contributed by atoms with E-state index in [4.69, 9.17) is 0 Å². The minimum Gasteiger partial charge on any atom is -0.352 e. The Morgan fingerprint density at radius 1 is 1.19 bits per heavy atom. The number of rotatable bonds is 4. The Balaban J connectivity index is 1.62. The van der Waals surface area contributed by atoms with Gasteiger partial charge in [0.2, 0.25) is 11.8 Å². The molecule has 5 heteroatoms. The van der Waals surface area contributed by atoms with Crippen molar-refractivity contribution < 1.29 is 14.0 Å². The molecule has 112 valence electrons. The molecule has 1 N–H and O–H groups in total. The van der Waals surface area contributed by atoms with Gasteiger partial charge in [0.15, 0.2) is 0 Å². The van der Waals surface area contributed by atoms with E-state index in [2.05, 4.69) is 5.32 Å². The molecular weight excluding hydrogens is 271 g/mol. The lowest BCUT2D eigenvalue weighted by Gasteiger charge is -2.24. The molecule has 2 amide bonds. The SMILES string of the molecule is O=C(NC1CC1)[C@@H]1CCCN1C(=O)Cc1ccc(F)cc1. The topological polar surface area (TPSA) is 49.4 Å². The number of amides is 2. The van der Waals surface area contributed by atoms with Gasteiger partial charge in [0.05, 0.1) is 6.42 Å². The molecule has 0 bridgehead atoms. The summed E-state index contributed by atoms with van der Waals surface area (Å²) in [5, 5.41) is 2.97. The monoisotopic (exact) mass is 290 g/mol. The molecule has 1 aliphatic carbocycles. The van der Waals surface area contributed by atoms with Gasteiger partial charge in [-0.1, -0.05) is 12.1 Å². The van der Waals surface area contributed by atoms with E-state index in [1.165, 1.54) is 12.1 Å². The lowest BCUT2D eigenvalue weighted by atomic mass is 10.1. The van der Waals surface area contributed by atoms with Crippen molar-refractivity contribution in [3.8, 4) is 0 Å². The molecule has 1 heterocycles. The second-order valence-electron chi connectivity index (χ2n) is 5.83. The highest BCUT2D eigenvalue weighted by molar-refractivity contribution is 5.89. The number of benzene rings is 1. The third-order valence-electron chi connectivity index (χ3n) is 4.07. The Morgan fingerprint density at radius 2 is 1.90 bits per heavy atom. The van der Waals surface area contributed by atoms with Gasteiger partial charge < -0.3 is 10.2 Å². The second-order valence-corrected chi connectivity index (χ2v) is 5.83. The second kappa shape index (κ2) is 5.84. The normalized spacial score (nSPS) is 21.4. The molecule has 1 saturated heterocycles. The lowest BCUT2D eigenvalue weighted by Crippen LogP contribution is -2.47. The van der Waals surface area contributed by atoms with Gasteiger partial charge in [-0.3, -0.25) is 9.59 Å². The number of likely N-dealkylation sites (tertiary alicyclic amines) is 1. The maximum Gasteiger partial charge on any atom is 0.243 e. The van der Waals surface area contributed by atoms with Gasteiger partial charge in [-0.2, -0.15) is 0 Å². The Morgan fingerprint density at radius 3 is 2.57 bits per heavy atom. The first-order valence-corrected chi connectivity index (χ1v) is 7.48. The molecule has 2 fully saturated rings. The standard InChI is InChI=1S/C16H19FN2O2/c17-12-5-3-11(4-6-12)10-15(20)19-9-1-2-14(19)16(21)18-13-7-8-13/h3-6,13-14H,1-2,7-10H2,(H,18,21)/t14-/m0/s1. The molecule has 4 nitrogen and oxygen atoms in total. The lowest BCUT2D eigenvalue weighted by molar-refractivity contribution is -0.138. The van der Waals surface area contributed by atoms with E-state index < -0.39 is 0 Å². The summed E-state index contributed by atoms with van der Waals surface area (Å²) < 4.78 is 12.9. The summed E-state index contributed by atoms with van der Waals surface area (Å²) in [6.45, 7) is 0.628. The van der Waals surface area contributed by atoms with Crippen LogP contribution in [0.5, 0.6) is 0 Å². The van der Waals surface area contributed by atoms with Crippen molar-refractivity contribution in [2.24, 2.45) is 0 Å². The fourth-order valence-electron chi connectivity index (χ4n) is 2.74. The van der Waals surface area contributed by atoms with Crippen LogP contribution in [0.3, 0.4) is 0 Å². The highest BCUT2D eigenvalue weighted by atomic mass is 19.1. The van der Waals surface area contributed by atoms with Crippen LogP contribution in [0.2, 0.25) is 0 Å². The van der Waals surface area contributed by atoms with Crippen molar-refractivity contribution in [3.63, 3.8) is 0 Å². The quantitative estimate of drug-likeness (QED) is 0.916. The number of nitrogens with zero attached hydrogens (tertiary/aromatic N) is 1. The zero-order valence-corrected chi connectivity index (χ0v) is 11.8. The van der Waals surface area contributed by atoms with Crippen LogP contribution >= 0.6 is 0 Å². The summed E-state index contributed by atoms with van der Waals surface area (Å²) in [6.07, 6.45) is 3.89. The first-order chi connectivity index (χ1) is 10.1. The summed E-state index contributed by atoms with van der Waals surface area (Å²) in [5.41, 5.74) is 0.773. The molecule has 1 atom stereocenters. The maximum absolute atomic E-state index is 12.9. The van der Waals surface area contributed by atoms with Gasteiger partial charge in [-0.05, 0) is 43.4 Å². The van der Waals surface area contributed by atoms with Crippen molar-refractivity contribution in [2.45, 2.75) is 44.2 Å². The third kappa shape index (κ3) is 3.40. The van der Waals surface area contributed by atoms with Crippen LogP contribution in [0.4, 0.5) is 4.39 Å². The highest BCUT2D eigenvalue weighted by Crippen LogP contribution is 2.23. The Kier molecular flexibility index (Phi) is 3.90. The van der Waals surface area contributed by atoms with Crippen molar-refractivity contribution in [2.75, 3.05) is 6.54 Å². The van der Waals surface area contributed by atoms with Crippen LogP contribution < -0.4 is 5.32 Å². The smallest absolute Gasteiger partial charge is 0.243 e. The molecular formula is C16H19FN2O2. The molecule has 1 aromatic rings. The molecule has 0 aromatic heterocycles. The average molecular weight is 290 g/mol. The molecule has 1 aromatic carbocycles. The molecule has 1 saturated carbocycles. The predicted molar refractivity (Wildman–Crippen MR) is 76.0 cm³/mol. The number of halogens is 1. The molecule has 2 aliphatic rings. The average Bonchev–Trinajstić information content (AvgIpc) is 3.13. The van der Waals surface area contributed by atoms with Crippen molar-refractivity contribution in [1.82, 2.24) is 10.2 Å². The zero-order chi connectivity index (χ0) is 14.8. The van der Waals surface area contributed by atoms with Crippen LogP contribution in [0.1, 0.15) is 31.2 Å². The number of nitrogens with one attached hydrogen (secondary N) is 1. The Labute approximate surface area is 123 Å². The first-order valence-electron chi connectivity index (χ1n) is 7.48. The van der Waals surface area contributed by atoms with Gasteiger partial charge in [0, 0.05) is 12.6 Å². The van der Waals surface area contributed by atoms with Gasteiger partial charge in [-0.15, -0.1) is 0 Å². The highest BCUT2D eigenvalue weighted by Gasteiger charge is 2.36. The van der Waals surface area contributed by atoms with Gasteiger partial charge in [0.25, 0.3) is 0 Å². The number of hydrogen-bond donors (Lipinski definition) is 1. The van der Waals surface area contributed by atoms with Gasteiger partial charge in [0.1, 0.15) is 11.9 Å². The molecule has 0 spiro atoms. The molecule has 21 heavy (non-hydrogen) atoms. The van der Waals surface area contributed by atoms with Crippen LogP contribution in [0.25, 0.3) is 0 Å². The molecule has 0 radical (unpaired) electrons. The predicted octanol–water partition coefficient (Wildman–Crippen LogP) is 1.64. The summed E-state index contributed by atoms with van der Waals surface area (Å²) in [4.78, 5) is 26.2. The zero-order valence-electron chi connectivity index (χ0n) is 11.8. The number of carbonyl (C=O) groups is 2. The third-order valence-corrected chi connectivity index (χ3v) is 4.07. The van der Waals surface area contributed by atoms with Crippen LogP contribution in [0, 0.1) is 5.82 Å². The number of hydrogen-bond acceptors (Lipinski definition) is 2. The Bertz CT molecular complexity index is 540. The minimum atomic E-state index is -0.335. The van der Waals surface area contributed by atoms with Crippen molar-refractivity contribution in [1.29, 1.82) is 0 Å². The molecule has 0 unspecified atom stereocenters. The van der Waals surface area contributed by atoms with E-state index in [1.807, 2.05) is 0 Å². The van der Waals surface area contributed by atoms with E-state index >= 15 is 0 Å². The summed E-state index contributed by atoms with van der Waals surface area (Å²) >= 11 is 0. The summed E-state index contributed by atoms with van der Waals surface area (Å²) in [7, 11) is 0. The maximum atomic E-state index is 12.9. The van der Waals surface area contributed by atoms with E-state index in [0.717, 1.165) is 31.2 Å². The fraction of sp³-hybridized carbons (Fsp3) is 0.500. The summed E-state index contributed by atoms with van der Waals surface area (Å²) in [6, 6.07) is 5.91. The minimum absolute atomic E-state index is 0.0255.